The average Bonchev–Trinajstić information content (AvgIpc) is 2.96. The molecule has 3 heterocycles. The number of hydrogen-bond acceptors (Lipinski definition) is 6. The van der Waals surface area contributed by atoms with Gasteiger partial charge in [0.05, 0.1) is 15.4 Å². The van der Waals surface area contributed by atoms with Gasteiger partial charge in [-0.3, -0.25) is 4.79 Å². The molecule has 6 nitrogen and oxygen atoms in total. The zero-order chi connectivity index (χ0) is 16.0. The van der Waals surface area contributed by atoms with Crippen LogP contribution < -0.4 is 5.32 Å². The summed E-state index contributed by atoms with van der Waals surface area (Å²) in [7, 11) is 0. The first-order chi connectivity index (χ1) is 11.1. The van der Waals surface area contributed by atoms with Crippen LogP contribution in [0.3, 0.4) is 0 Å². The summed E-state index contributed by atoms with van der Waals surface area (Å²) in [5.41, 5.74) is 0.785. The maximum atomic E-state index is 12.3. The largest absolute Gasteiger partial charge is 0.477 e. The van der Waals surface area contributed by atoms with Gasteiger partial charge >= 0.3 is 5.97 Å². The fourth-order valence-electron chi connectivity index (χ4n) is 2.40. The summed E-state index contributed by atoms with van der Waals surface area (Å²) < 4.78 is 6.22. The zero-order valence-corrected chi connectivity index (χ0v) is 13.5. The number of amides is 1. The lowest BCUT2D eigenvalue weighted by Crippen LogP contribution is -2.22. The van der Waals surface area contributed by atoms with Crippen LogP contribution >= 0.6 is 22.7 Å². The Morgan fingerprint density at radius 1 is 1.30 bits per heavy atom. The summed E-state index contributed by atoms with van der Waals surface area (Å²) in [5, 5.41) is 12.6. The first-order valence-electron chi connectivity index (χ1n) is 7.09. The van der Waals surface area contributed by atoms with E-state index in [0.717, 1.165) is 33.7 Å². The molecule has 3 aromatic rings. The van der Waals surface area contributed by atoms with Gasteiger partial charge in [-0.2, -0.15) is 0 Å². The number of fused-ring (bicyclic) bond motifs is 1. The molecular weight excluding hydrogens is 336 g/mol. The monoisotopic (exact) mass is 348 g/mol. The van der Waals surface area contributed by atoms with Crippen LogP contribution in [-0.2, 0) is 6.54 Å². The molecule has 4 rings (SSSR count). The van der Waals surface area contributed by atoms with Crippen LogP contribution in [0.15, 0.2) is 22.9 Å². The Labute approximate surface area is 138 Å². The minimum absolute atomic E-state index is 0.181. The number of carboxylic acids is 1. The fourth-order valence-corrected chi connectivity index (χ4v) is 4.60. The number of carbonyl (C=O) groups excluding carboxylic acids is 1. The number of carboxylic acid groups (broad SMARTS) is 1. The number of carbonyl (C=O) groups is 2. The average molecular weight is 348 g/mol. The first kappa shape index (κ1) is 14.4. The van der Waals surface area contributed by atoms with Crippen LogP contribution in [0.1, 0.15) is 49.6 Å². The van der Waals surface area contributed by atoms with Crippen molar-refractivity contribution in [2.24, 2.45) is 0 Å². The standard InChI is InChI=1S/C15H12N2O4S2/c18-13(16-5-9-12(7-1-2-7)21-6-17-9)10-3-8-4-11(14(19)20)23-15(8)22-10/h3-4,6-7H,1-2,5H2,(H,16,18)(H,19,20). The molecule has 0 aliphatic heterocycles. The van der Waals surface area contributed by atoms with E-state index in [1.807, 2.05) is 0 Å². The maximum Gasteiger partial charge on any atom is 0.345 e. The van der Waals surface area contributed by atoms with Gasteiger partial charge in [-0.05, 0) is 25.0 Å². The van der Waals surface area contributed by atoms with E-state index in [0.29, 0.717) is 17.3 Å². The highest BCUT2D eigenvalue weighted by atomic mass is 32.2. The van der Waals surface area contributed by atoms with Crippen molar-refractivity contribution in [3.8, 4) is 0 Å². The van der Waals surface area contributed by atoms with Crippen LogP contribution in [0.4, 0.5) is 0 Å². The lowest BCUT2D eigenvalue weighted by atomic mass is 10.2. The van der Waals surface area contributed by atoms with Gasteiger partial charge < -0.3 is 14.8 Å². The summed E-state index contributed by atoms with van der Waals surface area (Å²) in [6.07, 6.45) is 3.65. The number of nitrogens with zero attached hydrogens (tertiary/aromatic N) is 1. The molecule has 0 saturated heterocycles. The fraction of sp³-hybridized carbons (Fsp3) is 0.267. The second-order valence-corrected chi connectivity index (χ2v) is 7.75. The predicted octanol–water partition coefficient (Wildman–Crippen LogP) is 3.46. The molecular formula is C15H12N2O4S2. The first-order valence-corrected chi connectivity index (χ1v) is 8.72. The topological polar surface area (TPSA) is 92.4 Å². The molecule has 1 aliphatic rings. The molecule has 2 N–H and O–H groups in total. The third-order valence-electron chi connectivity index (χ3n) is 3.69. The SMILES string of the molecule is O=C(O)c1cc2cc(C(=O)NCc3ncoc3C3CC3)sc2s1. The Balaban J connectivity index is 1.47. The van der Waals surface area contributed by atoms with E-state index in [1.54, 1.807) is 12.1 Å². The number of oxazole rings is 1. The van der Waals surface area contributed by atoms with Gasteiger partial charge in [0.1, 0.15) is 16.3 Å². The predicted molar refractivity (Wildman–Crippen MR) is 86.3 cm³/mol. The number of thiophene rings is 2. The number of rotatable bonds is 5. The molecule has 0 radical (unpaired) electrons. The third kappa shape index (κ3) is 2.75. The Hall–Kier alpha value is -2.19. The second kappa shape index (κ2) is 5.47. The molecule has 1 aliphatic carbocycles. The Morgan fingerprint density at radius 2 is 2.04 bits per heavy atom. The normalized spacial score (nSPS) is 14.3. The van der Waals surface area contributed by atoms with E-state index in [9.17, 15) is 9.59 Å². The smallest absolute Gasteiger partial charge is 0.345 e. The molecule has 0 aromatic carbocycles. The summed E-state index contributed by atoms with van der Waals surface area (Å²) in [6, 6.07) is 3.32. The molecule has 0 spiro atoms. The number of nitrogens with one attached hydrogen (secondary N) is 1. The van der Waals surface area contributed by atoms with Crippen molar-refractivity contribution in [2.75, 3.05) is 0 Å². The molecule has 23 heavy (non-hydrogen) atoms. The second-order valence-electron chi connectivity index (χ2n) is 5.39. The highest BCUT2D eigenvalue weighted by molar-refractivity contribution is 7.39. The van der Waals surface area contributed by atoms with Crippen molar-refractivity contribution in [2.45, 2.75) is 25.3 Å². The van der Waals surface area contributed by atoms with Gasteiger partial charge in [0, 0.05) is 11.3 Å². The van der Waals surface area contributed by atoms with Crippen LogP contribution in [0, 0.1) is 0 Å². The Bertz CT molecular complexity index is 872. The van der Waals surface area contributed by atoms with Gasteiger partial charge in [-0.15, -0.1) is 22.7 Å². The van der Waals surface area contributed by atoms with E-state index >= 15 is 0 Å². The van der Waals surface area contributed by atoms with Crippen molar-refractivity contribution in [3.63, 3.8) is 0 Å². The van der Waals surface area contributed by atoms with Gasteiger partial charge in [0.15, 0.2) is 6.39 Å². The van der Waals surface area contributed by atoms with Crippen molar-refractivity contribution >= 4 is 43.9 Å². The molecule has 1 fully saturated rings. The van der Waals surface area contributed by atoms with E-state index in [4.69, 9.17) is 9.52 Å². The van der Waals surface area contributed by atoms with E-state index in [2.05, 4.69) is 10.3 Å². The van der Waals surface area contributed by atoms with Gasteiger partial charge in [0.2, 0.25) is 0 Å². The Morgan fingerprint density at radius 3 is 2.74 bits per heavy atom. The van der Waals surface area contributed by atoms with Crippen LogP contribution in [0.2, 0.25) is 0 Å². The molecule has 1 saturated carbocycles. The molecule has 0 atom stereocenters. The van der Waals surface area contributed by atoms with Crippen LogP contribution in [-0.4, -0.2) is 22.0 Å². The van der Waals surface area contributed by atoms with Crippen molar-refractivity contribution < 1.29 is 19.1 Å². The van der Waals surface area contributed by atoms with E-state index < -0.39 is 5.97 Å². The van der Waals surface area contributed by atoms with Gasteiger partial charge in [0.25, 0.3) is 5.91 Å². The van der Waals surface area contributed by atoms with Gasteiger partial charge in [-0.1, -0.05) is 0 Å². The van der Waals surface area contributed by atoms with Crippen molar-refractivity contribution in [3.05, 3.63) is 39.7 Å². The lowest BCUT2D eigenvalue weighted by Gasteiger charge is -2.02. The maximum absolute atomic E-state index is 12.3. The number of hydrogen-bond donors (Lipinski definition) is 2. The zero-order valence-electron chi connectivity index (χ0n) is 11.9. The summed E-state index contributed by atoms with van der Waals surface area (Å²) in [6.45, 7) is 0.340. The quantitative estimate of drug-likeness (QED) is 0.737. The number of aromatic carboxylic acids is 1. The molecule has 3 aromatic heterocycles. The highest BCUT2D eigenvalue weighted by Gasteiger charge is 2.30. The summed E-state index contributed by atoms with van der Waals surface area (Å²) in [5.74, 6) is 0.206. The number of aromatic nitrogens is 1. The molecule has 118 valence electrons. The minimum Gasteiger partial charge on any atom is -0.477 e. The molecule has 0 unspecified atom stereocenters. The Kier molecular flexibility index (Phi) is 3.42. The van der Waals surface area contributed by atoms with Crippen molar-refractivity contribution in [1.29, 1.82) is 0 Å². The molecule has 8 heteroatoms. The minimum atomic E-state index is -0.942. The summed E-state index contributed by atoms with van der Waals surface area (Å²) >= 11 is 2.49. The van der Waals surface area contributed by atoms with E-state index in [-0.39, 0.29) is 10.8 Å². The highest BCUT2D eigenvalue weighted by Crippen LogP contribution is 2.41. The summed E-state index contributed by atoms with van der Waals surface area (Å²) in [4.78, 5) is 28.2. The van der Waals surface area contributed by atoms with Crippen LogP contribution in [0.5, 0.6) is 0 Å². The van der Waals surface area contributed by atoms with Gasteiger partial charge in [-0.25, -0.2) is 9.78 Å². The van der Waals surface area contributed by atoms with E-state index in [1.165, 1.54) is 29.1 Å². The molecule has 1 amide bonds. The van der Waals surface area contributed by atoms with Crippen molar-refractivity contribution in [1.82, 2.24) is 10.3 Å². The molecule has 0 bridgehead atoms. The third-order valence-corrected chi connectivity index (χ3v) is 6.06. The lowest BCUT2D eigenvalue weighted by molar-refractivity contribution is 0.0702. The van der Waals surface area contributed by atoms with Crippen LogP contribution in [0.25, 0.3) is 9.40 Å².